The lowest BCUT2D eigenvalue weighted by Gasteiger charge is -2.12. The molecular formula is C26H31FN2O3. The normalized spacial score (nSPS) is 12.1. The highest BCUT2D eigenvalue weighted by Crippen LogP contribution is 2.25. The van der Waals surface area contributed by atoms with Crippen molar-refractivity contribution in [3.8, 4) is 11.1 Å². The van der Waals surface area contributed by atoms with Crippen LogP contribution in [0.1, 0.15) is 73.4 Å². The highest BCUT2D eigenvalue weighted by Gasteiger charge is 2.22. The van der Waals surface area contributed by atoms with Gasteiger partial charge < -0.3 is 5.11 Å². The molecule has 1 heterocycles. The van der Waals surface area contributed by atoms with Crippen molar-refractivity contribution in [2.45, 2.75) is 65.7 Å². The zero-order valence-electron chi connectivity index (χ0n) is 19.0. The maximum Gasteiger partial charge on any atom is 0.336 e. The van der Waals surface area contributed by atoms with Crippen LogP contribution in [-0.4, -0.2) is 20.2 Å². The molecule has 0 aliphatic carbocycles. The summed E-state index contributed by atoms with van der Waals surface area (Å²) < 4.78 is 17.3. The van der Waals surface area contributed by atoms with E-state index >= 15 is 0 Å². The van der Waals surface area contributed by atoms with Gasteiger partial charge in [-0.3, -0.25) is 9.13 Å². The molecule has 3 aromatic rings. The first-order chi connectivity index (χ1) is 15.4. The van der Waals surface area contributed by atoms with Crippen LogP contribution in [0.3, 0.4) is 0 Å². The van der Waals surface area contributed by atoms with Gasteiger partial charge in [0.25, 0.3) is 0 Å². The summed E-state index contributed by atoms with van der Waals surface area (Å²) >= 11 is 0. The number of hydrogen-bond acceptors (Lipinski definition) is 2. The number of nitrogens with zero attached hydrogens (tertiary/aromatic N) is 2. The molecule has 1 unspecified atom stereocenters. The maximum absolute atomic E-state index is 14.0. The minimum absolute atomic E-state index is 0.0650. The first-order valence-electron chi connectivity index (χ1n) is 11.2. The summed E-state index contributed by atoms with van der Waals surface area (Å²) in [6.45, 7) is 5.72. The fourth-order valence-electron chi connectivity index (χ4n) is 4.11. The van der Waals surface area contributed by atoms with E-state index in [0.717, 1.165) is 36.1 Å². The van der Waals surface area contributed by atoms with E-state index in [9.17, 15) is 19.1 Å². The number of benzene rings is 2. The Bertz CT molecular complexity index is 1130. The Kier molecular flexibility index (Phi) is 7.67. The molecule has 0 aliphatic rings. The van der Waals surface area contributed by atoms with Gasteiger partial charge in [0.2, 0.25) is 0 Å². The average molecular weight is 439 g/mol. The van der Waals surface area contributed by atoms with Gasteiger partial charge in [-0.2, -0.15) is 0 Å². The predicted octanol–water partition coefficient (Wildman–Crippen LogP) is 5.85. The van der Waals surface area contributed by atoms with Gasteiger partial charge in [-0.25, -0.2) is 14.0 Å². The highest BCUT2D eigenvalue weighted by molar-refractivity contribution is 5.95. The van der Waals surface area contributed by atoms with Crippen molar-refractivity contribution in [3.63, 3.8) is 0 Å². The Hall–Kier alpha value is -3.15. The number of halogens is 1. The molecule has 1 atom stereocenters. The molecule has 32 heavy (non-hydrogen) atoms. The predicted molar refractivity (Wildman–Crippen MR) is 125 cm³/mol. The first-order valence-corrected chi connectivity index (χ1v) is 11.2. The fourth-order valence-corrected chi connectivity index (χ4v) is 4.11. The minimum atomic E-state index is -0.970. The van der Waals surface area contributed by atoms with Crippen LogP contribution >= 0.6 is 0 Å². The van der Waals surface area contributed by atoms with Crippen molar-refractivity contribution in [3.05, 3.63) is 81.5 Å². The van der Waals surface area contributed by atoms with E-state index in [1.165, 1.54) is 0 Å². The van der Waals surface area contributed by atoms with E-state index in [-0.39, 0.29) is 17.3 Å². The van der Waals surface area contributed by atoms with Gasteiger partial charge in [-0.05, 0) is 48.9 Å². The maximum atomic E-state index is 14.0. The largest absolute Gasteiger partial charge is 0.478 e. The van der Waals surface area contributed by atoms with Crippen LogP contribution in [-0.2, 0) is 19.6 Å². The lowest BCUT2D eigenvalue weighted by molar-refractivity contribution is 0.0697. The molecule has 1 aromatic heterocycles. The number of unbranched alkanes of at least 4 members (excludes halogenated alkanes) is 1. The first kappa shape index (κ1) is 23.5. The third kappa shape index (κ3) is 4.69. The average Bonchev–Trinajstić information content (AvgIpc) is 3.08. The Morgan fingerprint density at radius 2 is 1.75 bits per heavy atom. The van der Waals surface area contributed by atoms with E-state index in [1.807, 2.05) is 44.2 Å². The molecule has 3 rings (SSSR count). The third-order valence-corrected chi connectivity index (χ3v) is 6.08. The molecule has 0 saturated carbocycles. The molecule has 0 spiro atoms. The molecule has 170 valence electrons. The van der Waals surface area contributed by atoms with Crippen LogP contribution in [0, 0.1) is 0 Å². The van der Waals surface area contributed by atoms with Gasteiger partial charge >= 0.3 is 11.7 Å². The Labute approximate surface area is 188 Å². The zero-order valence-corrected chi connectivity index (χ0v) is 19.0. The second-order valence-electron chi connectivity index (χ2n) is 8.17. The molecule has 1 N–H and O–H groups in total. The third-order valence-electron chi connectivity index (χ3n) is 6.08. The molecule has 0 radical (unpaired) electrons. The van der Waals surface area contributed by atoms with E-state index in [0.29, 0.717) is 24.2 Å². The van der Waals surface area contributed by atoms with E-state index in [4.69, 9.17) is 0 Å². The summed E-state index contributed by atoms with van der Waals surface area (Å²) in [7, 11) is 0. The van der Waals surface area contributed by atoms with Crippen LogP contribution in [0.4, 0.5) is 4.39 Å². The van der Waals surface area contributed by atoms with Crippen LogP contribution in [0.5, 0.6) is 0 Å². The van der Waals surface area contributed by atoms with Gasteiger partial charge in [0, 0.05) is 11.7 Å². The van der Waals surface area contributed by atoms with E-state index in [1.54, 1.807) is 27.3 Å². The summed E-state index contributed by atoms with van der Waals surface area (Å²) in [4.78, 5) is 24.8. The second-order valence-corrected chi connectivity index (χ2v) is 8.17. The van der Waals surface area contributed by atoms with Crippen molar-refractivity contribution in [1.29, 1.82) is 0 Å². The van der Waals surface area contributed by atoms with E-state index in [2.05, 4.69) is 6.92 Å². The summed E-state index contributed by atoms with van der Waals surface area (Å²) in [5.74, 6) is -0.970. The Balaban J connectivity index is 1.99. The standard InChI is InChI=1S/C26H31FN2O3/c1-4-6-11-23-24(16-27)29(18(3)5-2)26(32)28(23)17-19-12-14-20(15-13-19)21-9-7-8-10-22(21)25(30)31/h7-10,12-15,18H,4-6,11,16-17H2,1-3H3,(H,30,31). The van der Waals surface area contributed by atoms with Crippen molar-refractivity contribution >= 4 is 5.97 Å². The molecule has 6 heteroatoms. The zero-order chi connectivity index (χ0) is 23.3. The van der Waals surface area contributed by atoms with Gasteiger partial charge in [-0.1, -0.05) is 62.7 Å². The number of hydrogen-bond donors (Lipinski definition) is 1. The van der Waals surface area contributed by atoms with Gasteiger partial charge in [-0.15, -0.1) is 0 Å². The van der Waals surface area contributed by atoms with Crippen LogP contribution in [0.25, 0.3) is 11.1 Å². The van der Waals surface area contributed by atoms with Gasteiger partial charge in [0.05, 0.1) is 17.8 Å². The molecule has 0 saturated heterocycles. The molecule has 0 bridgehead atoms. The van der Waals surface area contributed by atoms with Crippen molar-refractivity contribution in [2.24, 2.45) is 0 Å². The molecular weight excluding hydrogens is 407 g/mol. The number of carbonyl (C=O) groups is 1. The van der Waals surface area contributed by atoms with Crippen LogP contribution in [0.15, 0.2) is 53.3 Å². The fraction of sp³-hybridized carbons (Fsp3) is 0.385. The molecule has 5 nitrogen and oxygen atoms in total. The summed E-state index contributed by atoms with van der Waals surface area (Å²) in [6.07, 6.45) is 3.27. The molecule has 0 fully saturated rings. The number of carboxylic acid groups (broad SMARTS) is 1. The topological polar surface area (TPSA) is 64.2 Å². The van der Waals surface area contributed by atoms with Gasteiger partial charge in [0.1, 0.15) is 6.67 Å². The smallest absolute Gasteiger partial charge is 0.336 e. The molecule has 0 aliphatic heterocycles. The SMILES string of the molecule is CCCCc1c(CF)n(C(C)CC)c(=O)n1Cc1ccc(-c2ccccc2C(=O)O)cc1. The minimum Gasteiger partial charge on any atom is -0.478 e. The Morgan fingerprint density at radius 3 is 2.34 bits per heavy atom. The number of aromatic nitrogens is 2. The Morgan fingerprint density at radius 1 is 1.06 bits per heavy atom. The van der Waals surface area contributed by atoms with Crippen molar-refractivity contribution < 1.29 is 14.3 Å². The number of carboxylic acids is 1. The molecule has 0 amide bonds. The quantitative estimate of drug-likeness (QED) is 0.432. The summed E-state index contributed by atoms with van der Waals surface area (Å²) in [6, 6.07) is 14.4. The number of rotatable bonds is 10. The van der Waals surface area contributed by atoms with Gasteiger partial charge in [0.15, 0.2) is 0 Å². The lowest BCUT2D eigenvalue weighted by Crippen LogP contribution is -2.28. The van der Waals surface area contributed by atoms with Crippen LogP contribution in [0.2, 0.25) is 0 Å². The number of aromatic carboxylic acids is 1. The van der Waals surface area contributed by atoms with Crippen LogP contribution < -0.4 is 5.69 Å². The van der Waals surface area contributed by atoms with Crippen molar-refractivity contribution in [2.75, 3.05) is 0 Å². The second kappa shape index (κ2) is 10.4. The number of imidazole rings is 1. The monoisotopic (exact) mass is 438 g/mol. The number of alkyl halides is 1. The molecule has 2 aromatic carbocycles. The van der Waals surface area contributed by atoms with E-state index < -0.39 is 12.6 Å². The summed E-state index contributed by atoms with van der Waals surface area (Å²) in [5, 5.41) is 9.45. The van der Waals surface area contributed by atoms with Crippen molar-refractivity contribution in [1.82, 2.24) is 9.13 Å². The summed E-state index contributed by atoms with van der Waals surface area (Å²) in [5.41, 5.74) is 3.70. The highest BCUT2D eigenvalue weighted by atomic mass is 19.1. The lowest BCUT2D eigenvalue weighted by atomic mass is 9.99.